The molecule has 10 heteroatoms. The fraction of sp³-hybridized carbons (Fsp3) is 0.909. The van der Waals surface area contributed by atoms with E-state index in [1.165, 1.54) is 0 Å². The molecule has 0 aromatic heterocycles. The molecule has 1 fully saturated rings. The van der Waals surface area contributed by atoms with E-state index in [0.29, 0.717) is 12.8 Å². The van der Waals surface area contributed by atoms with Crippen LogP contribution in [-0.4, -0.2) is 46.7 Å². The van der Waals surface area contributed by atoms with Gasteiger partial charge in [0.25, 0.3) is 0 Å². The van der Waals surface area contributed by atoms with Crippen LogP contribution in [0.3, 0.4) is 0 Å². The van der Waals surface area contributed by atoms with Gasteiger partial charge in [0, 0.05) is 6.04 Å². The molecule has 0 radical (unpaired) electrons. The third-order valence-electron chi connectivity index (χ3n) is 3.45. The van der Waals surface area contributed by atoms with E-state index in [1.54, 1.807) is 0 Å². The lowest BCUT2D eigenvalue weighted by Crippen LogP contribution is -2.59. The van der Waals surface area contributed by atoms with Crippen molar-refractivity contribution in [2.24, 2.45) is 0 Å². The standard InChI is InChI=1S/C11H14F7NO2/c12-9(13,10(14,15)11(16,17)18)6-19(8(20)21)7-4-2-1-3-5-7/h7H,1-6H2,(H,20,21). The van der Waals surface area contributed by atoms with Gasteiger partial charge in [0.2, 0.25) is 0 Å². The van der Waals surface area contributed by atoms with Crippen molar-refractivity contribution >= 4 is 6.09 Å². The van der Waals surface area contributed by atoms with Gasteiger partial charge in [-0.15, -0.1) is 0 Å². The maximum absolute atomic E-state index is 13.3. The average molecular weight is 325 g/mol. The molecule has 1 amide bonds. The summed E-state index contributed by atoms with van der Waals surface area (Å²) in [5.74, 6) is -11.8. The molecule has 0 atom stereocenters. The highest BCUT2D eigenvalue weighted by atomic mass is 19.4. The summed E-state index contributed by atoms with van der Waals surface area (Å²) in [5, 5.41) is 8.82. The number of alkyl halides is 7. The predicted molar refractivity (Wildman–Crippen MR) is 57.6 cm³/mol. The van der Waals surface area contributed by atoms with Gasteiger partial charge < -0.3 is 5.11 Å². The van der Waals surface area contributed by atoms with Crippen molar-refractivity contribution in [1.82, 2.24) is 4.90 Å². The Bertz CT molecular complexity index is 377. The van der Waals surface area contributed by atoms with Crippen LogP contribution in [0.25, 0.3) is 0 Å². The van der Waals surface area contributed by atoms with Gasteiger partial charge >= 0.3 is 24.1 Å². The van der Waals surface area contributed by atoms with Crippen molar-refractivity contribution < 1.29 is 40.6 Å². The first-order chi connectivity index (χ1) is 9.40. The van der Waals surface area contributed by atoms with E-state index in [4.69, 9.17) is 5.11 Å². The van der Waals surface area contributed by atoms with E-state index in [-0.39, 0.29) is 17.7 Å². The largest absolute Gasteiger partial charge is 0.465 e. The van der Waals surface area contributed by atoms with Crippen molar-refractivity contribution in [2.45, 2.75) is 56.2 Å². The zero-order chi connectivity index (χ0) is 16.5. The summed E-state index contributed by atoms with van der Waals surface area (Å²) in [7, 11) is 0. The molecule has 0 aliphatic heterocycles. The SMILES string of the molecule is O=C(O)N(CC(F)(F)C(F)(F)C(F)(F)F)C1CCCCC1. The quantitative estimate of drug-likeness (QED) is 0.790. The van der Waals surface area contributed by atoms with Gasteiger partial charge in [-0.3, -0.25) is 4.90 Å². The summed E-state index contributed by atoms with van der Waals surface area (Å²) in [6.07, 6.45) is -6.29. The zero-order valence-corrected chi connectivity index (χ0v) is 10.8. The normalized spacial score (nSPS) is 18.6. The van der Waals surface area contributed by atoms with Crippen molar-refractivity contribution in [2.75, 3.05) is 6.54 Å². The maximum atomic E-state index is 13.3. The van der Waals surface area contributed by atoms with Crippen LogP contribution in [0.5, 0.6) is 0 Å². The molecule has 0 heterocycles. The summed E-state index contributed by atoms with van der Waals surface area (Å²) < 4.78 is 88.3. The van der Waals surface area contributed by atoms with Crippen molar-refractivity contribution in [3.8, 4) is 0 Å². The van der Waals surface area contributed by atoms with Crippen LogP contribution in [0.4, 0.5) is 35.5 Å². The number of amides is 1. The minimum atomic E-state index is -6.45. The van der Waals surface area contributed by atoms with Gasteiger partial charge in [-0.2, -0.15) is 30.7 Å². The molecule has 0 unspecified atom stereocenters. The van der Waals surface area contributed by atoms with Crippen LogP contribution >= 0.6 is 0 Å². The fourth-order valence-electron chi connectivity index (χ4n) is 2.27. The number of hydrogen-bond acceptors (Lipinski definition) is 1. The van der Waals surface area contributed by atoms with Crippen molar-refractivity contribution in [1.29, 1.82) is 0 Å². The van der Waals surface area contributed by atoms with Gasteiger partial charge in [-0.05, 0) is 12.8 Å². The monoisotopic (exact) mass is 325 g/mol. The molecule has 0 bridgehead atoms. The van der Waals surface area contributed by atoms with Crippen LogP contribution in [0, 0.1) is 0 Å². The molecule has 1 rings (SSSR count). The van der Waals surface area contributed by atoms with Gasteiger partial charge in [0.15, 0.2) is 0 Å². The van der Waals surface area contributed by atoms with Gasteiger partial charge in [0.1, 0.15) is 0 Å². The second kappa shape index (κ2) is 5.88. The lowest BCUT2D eigenvalue weighted by molar-refractivity contribution is -0.356. The van der Waals surface area contributed by atoms with Gasteiger partial charge in [-0.25, -0.2) is 4.79 Å². The minimum absolute atomic E-state index is 0.00118. The van der Waals surface area contributed by atoms with E-state index in [2.05, 4.69) is 0 Å². The first kappa shape index (κ1) is 17.8. The van der Waals surface area contributed by atoms with Crippen LogP contribution in [-0.2, 0) is 0 Å². The summed E-state index contributed by atoms with van der Waals surface area (Å²) in [5.41, 5.74) is 0. The highest BCUT2D eigenvalue weighted by Crippen LogP contribution is 2.47. The summed E-state index contributed by atoms with van der Waals surface area (Å²) in [4.78, 5) is 10.9. The Morgan fingerprint density at radius 1 is 1.00 bits per heavy atom. The van der Waals surface area contributed by atoms with E-state index in [9.17, 15) is 35.5 Å². The number of hydrogen-bond donors (Lipinski definition) is 1. The number of nitrogens with zero attached hydrogens (tertiary/aromatic N) is 1. The van der Waals surface area contributed by atoms with Crippen LogP contribution < -0.4 is 0 Å². The molecular formula is C11H14F7NO2. The van der Waals surface area contributed by atoms with Crippen LogP contribution in [0.15, 0.2) is 0 Å². The lowest BCUT2D eigenvalue weighted by Gasteiger charge is -2.36. The number of halogens is 7. The molecular weight excluding hydrogens is 311 g/mol. The van der Waals surface area contributed by atoms with Gasteiger partial charge in [0.05, 0.1) is 6.54 Å². The molecule has 124 valence electrons. The van der Waals surface area contributed by atoms with Crippen molar-refractivity contribution in [3.05, 3.63) is 0 Å². The van der Waals surface area contributed by atoms with Crippen LogP contribution in [0.2, 0.25) is 0 Å². The van der Waals surface area contributed by atoms with Crippen LogP contribution in [0.1, 0.15) is 32.1 Å². The Morgan fingerprint density at radius 2 is 1.48 bits per heavy atom. The molecule has 0 aromatic carbocycles. The van der Waals surface area contributed by atoms with E-state index < -0.39 is 36.7 Å². The zero-order valence-electron chi connectivity index (χ0n) is 10.8. The molecule has 1 N–H and O–H groups in total. The number of carbonyl (C=O) groups is 1. The van der Waals surface area contributed by atoms with E-state index in [0.717, 1.165) is 6.42 Å². The maximum Gasteiger partial charge on any atom is 0.459 e. The molecule has 1 aliphatic rings. The lowest BCUT2D eigenvalue weighted by atomic mass is 9.94. The Labute approximate surface area is 115 Å². The molecule has 1 aliphatic carbocycles. The highest BCUT2D eigenvalue weighted by molar-refractivity contribution is 5.65. The molecule has 21 heavy (non-hydrogen) atoms. The van der Waals surface area contributed by atoms with E-state index >= 15 is 0 Å². The summed E-state index contributed by atoms with van der Waals surface area (Å²) in [6.45, 7) is -2.18. The molecule has 1 saturated carbocycles. The third-order valence-corrected chi connectivity index (χ3v) is 3.45. The predicted octanol–water partition coefficient (Wildman–Crippen LogP) is 4.13. The third kappa shape index (κ3) is 3.70. The number of rotatable bonds is 4. The molecule has 0 spiro atoms. The Balaban J connectivity index is 2.94. The first-order valence-electron chi connectivity index (χ1n) is 6.22. The Hall–Kier alpha value is -1.22. The molecule has 0 saturated heterocycles. The smallest absolute Gasteiger partial charge is 0.459 e. The highest BCUT2D eigenvalue weighted by Gasteiger charge is 2.73. The fourth-order valence-corrected chi connectivity index (χ4v) is 2.27. The Kier molecular flexibility index (Phi) is 4.99. The summed E-state index contributed by atoms with van der Waals surface area (Å²) >= 11 is 0. The first-order valence-corrected chi connectivity index (χ1v) is 6.22. The molecule has 3 nitrogen and oxygen atoms in total. The second-order valence-corrected chi connectivity index (χ2v) is 4.98. The van der Waals surface area contributed by atoms with Gasteiger partial charge in [-0.1, -0.05) is 19.3 Å². The topological polar surface area (TPSA) is 40.5 Å². The molecule has 0 aromatic rings. The van der Waals surface area contributed by atoms with E-state index in [1.807, 2.05) is 0 Å². The van der Waals surface area contributed by atoms with Crippen molar-refractivity contribution in [3.63, 3.8) is 0 Å². The minimum Gasteiger partial charge on any atom is -0.465 e. The Morgan fingerprint density at radius 3 is 1.86 bits per heavy atom. The summed E-state index contributed by atoms with van der Waals surface area (Å²) in [6, 6.07) is -0.967. The second-order valence-electron chi connectivity index (χ2n) is 4.98. The average Bonchev–Trinajstić information content (AvgIpc) is 2.35. The number of carboxylic acid groups (broad SMARTS) is 1.